The summed E-state index contributed by atoms with van der Waals surface area (Å²) < 4.78 is 0. The van der Waals surface area contributed by atoms with Gasteiger partial charge in [-0.05, 0) is 55.9 Å². The molecular weight excluding hydrogens is 230 g/mol. The van der Waals surface area contributed by atoms with Gasteiger partial charge in [-0.15, -0.1) is 0 Å². The minimum absolute atomic E-state index is 0.125. The van der Waals surface area contributed by atoms with Crippen molar-refractivity contribution in [3.63, 3.8) is 0 Å². The van der Waals surface area contributed by atoms with Gasteiger partial charge in [0.05, 0.1) is 0 Å². The van der Waals surface area contributed by atoms with Gasteiger partial charge in [0.1, 0.15) is 0 Å². The summed E-state index contributed by atoms with van der Waals surface area (Å²) in [7, 11) is 0. The molecule has 1 atom stereocenters. The fourth-order valence-electron chi connectivity index (χ4n) is 2.52. The lowest BCUT2D eigenvalue weighted by atomic mass is 9.94. The van der Waals surface area contributed by atoms with Crippen LogP contribution in [0.1, 0.15) is 40.3 Å². The Morgan fingerprint density at radius 1 is 1.00 bits per heavy atom. The highest BCUT2D eigenvalue weighted by molar-refractivity contribution is 5.35. The van der Waals surface area contributed by atoms with Crippen LogP contribution >= 0.6 is 0 Å². The van der Waals surface area contributed by atoms with Crippen molar-refractivity contribution in [1.82, 2.24) is 0 Å². The normalized spacial score (nSPS) is 12.4. The minimum Gasteiger partial charge on any atom is -0.324 e. The Kier molecular flexibility index (Phi) is 4.39. The molecule has 1 heteroatoms. The van der Waals surface area contributed by atoms with Crippen LogP contribution in [0, 0.1) is 20.8 Å². The summed E-state index contributed by atoms with van der Waals surface area (Å²) in [5, 5.41) is 0. The van der Waals surface area contributed by atoms with Gasteiger partial charge in [0.25, 0.3) is 0 Å². The lowest BCUT2D eigenvalue weighted by molar-refractivity contribution is 0.647. The van der Waals surface area contributed by atoms with Crippen molar-refractivity contribution in [2.45, 2.75) is 39.7 Å². The van der Waals surface area contributed by atoms with Gasteiger partial charge in [-0.2, -0.15) is 0 Å². The second-order valence-corrected chi connectivity index (χ2v) is 5.42. The maximum atomic E-state index is 6.35. The van der Waals surface area contributed by atoms with Crippen molar-refractivity contribution < 1.29 is 0 Å². The molecule has 2 N–H and O–H groups in total. The smallest absolute Gasteiger partial charge is 0.0300 e. The molecule has 0 radical (unpaired) electrons. The predicted octanol–water partition coefficient (Wildman–Crippen LogP) is 4.24. The van der Waals surface area contributed by atoms with Crippen LogP contribution in [-0.4, -0.2) is 0 Å². The molecule has 0 aromatic heterocycles. The average Bonchev–Trinajstić information content (AvgIpc) is 2.39. The van der Waals surface area contributed by atoms with Gasteiger partial charge in [-0.1, -0.05) is 48.0 Å². The molecule has 1 unspecified atom stereocenters. The van der Waals surface area contributed by atoms with Crippen molar-refractivity contribution in [3.8, 4) is 0 Å². The summed E-state index contributed by atoms with van der Waals surface area (Å²) in [4.78, 5) is 0. The molecule has 19 heavy (non-hydrogen) atoms. The van der Waals surface area contributed by atoms with E-state index in [1.165, 1.54) is 27.8 Å². The van der Waals surface area contributed by atoms with Crippen LogP contribution in [-0.2, 0) is 6.42 Å². The van der Waals surface area contributed by atoms with E-state index >= 15 is 0 Å². The highest BCUT2D eigenvalue weighted by Gasteiger charge is 2.10. The third-order valence-electron chi connectivity index (χ3n) is 3.87. The van der Waals surface area contributed by atoms with E-state index in [-0.39, 0.29) is 6.04 Å². The lowest BCUT2D eigenvalue weighted by Crippen LogP contribution is -2.13. The van der Waals surface area contributed by atoms with Crippen molar-refractivity contribution in [2.75, 3.05) is 0 Å². The van der Waals surface area contributed by atoms with E-state index in [9.17, 15) is 0 Å². The summed E-state index contributed by atoms with van der Waals surface area (Å²) in [6, 6.07) is 15.2. The minimum atomic E-state index is 0.125. The van der Waals surface area contributed by atoms with Crippen molar-refractivity contribution in [1.29, 1.82) is 0 Å². The summed E-state index contributed by atoms with van der Waals surface area (Å²) in [5.74, 6) is 0. The molecule has 100 valence electrons. The van der Waals surface area contributed by atoms with Crippen molar-refractivity contribution >= 4 is 0 Å². The zero-order chi connectivity index (χ0) is 13.8. The summed E-state index contributed by atoms with van der Waals surface area (Å²) >= 11 is 0. The van der Waals surface area contributed by atoms with E-state index in [0.29, 0.717) is 0 Å². The van der Waals surface area contributed by atoms with Gasteiger partial charge >= 0.3 is 0 Å². The third kappa shape index (κ3) is 3.45. The topological polar surface area (TPSA) is 26.0 Å². The molecule has 1 nitrogen and oxygen atoms in total. The fraction of sp³-hybridized carbons (Fsp3) is 0.333. The monoisotopic (exact) mass is 253 g/mol. The molecule has 0 heterocycles. The van der Waals surface area contributed by atoms with E-state index in [1.54, 1.807) is 0 Å². The van der Waals surface area contributed by atoms with Crippen LogP contribution in [0.3, 0.4) is 0 Å². The van der Waals surface area contributed by atoms with E-state index < -0.39 is 0 Å². The molecule has 0 bridgehead atoms. The van der Waals surface area contributed by atoms with Crippen molar-refractivity contribution in [3.05, 3.63) is 70.3 Å². The summed E-state index contributed by atoms with van der Waals surface area (Å²) in [6.45, 7) is 6.44. The molecular formula is C18H23N. The highest BCUT2D eigenvalue weighted by Crippen LogP contribution is 2.22. The molecule has 2 aromatic carbocycles. The van der Waals surface area contributed by atoms with Crippen LogP contribution in [0.4, 0.5) is 0 Å². The maximum absolute atomic E-state index is 6.35. The highest BCUT2D eigenvalue weighted by atomic mass is 14.6. The Balaban J connectivity index is 2.05. The fourth-order valence-corrected chi connectivity index (χ4v) is 2.52. The first kappa shape index (κ1) is 13.8. The average molecular weight is 253 g/mol. The molecule has 2 rings (SSSR count). The number of hydrogen-bond acceptors (Lipinski definition) is 1. The van der Waals surface area contributed by atoms with E-state index in [4.69, 9.17) is 5.73 Å². The second-order valence-electron chi connectivity index (χ2n) is 5.42. The number of rotatable bonds is 4. The predicted molar refractivity (Wildman–Crippen MR) is 82.3 cm³/mol. The third-order valence-corrected chi connectivity index (χ3v) is 3.87. The van der Waals surface area contributed by atoms with Gasteiger partial charge in [-0.3, -0.25) is 0 Å². The summed E-state index contributed by atoms with van der Waals surface area (Å²) in [5.41, 5.74) is 13.0. The Morgan fingerprint density at radius 3 is 2.47 bits per heavy atom. The van der Waals surface area contributed by atoms with Crippen LogP contribution in [0.25, 0.3) is 0 Å². The van der Waals surface area contributed by atoms with Gasteiger partial charge in [-0.25, -0.2) is 0 Å². The van der Waals surface area contributed by atoms with Crippen molar-refractivity contribution in [2.24, 2.45) is 5.73 Å². The Morgan fingerprint density at radius 2 is 1.74 bits per heavy atom. The molecule has 0 saturated carbocycles. The number of nitrogens with two attached hydrogens (primary N) is 1. The number of benzene rings is 2. The first-order valence-electron chi connectivity index (χ1n) is 6.95. The SMILES string of the molecule is Cc1cccc(CCC(N)c2cccc(C)c2C)c1. The molecule has 0 saturated heterocycles. The second kappa shape index (κ2) is 6.03. The standard InChI is InChI=1S/C18H23N/c1-13-6-4-8-16(12-13)10-11-18(19)17-9-5-7-14(2)15(17)3/h4-9,12,18H,10-11,19H2,1-3H3. The van der Waals surface area contributed by atoms with Crippen LogP contribution in [0.2, 0.25) is 0 Å². The molecule has 0 spiro atoms. The van der Waals surface area contributed by atoms with E-state index in [2.05, 4.69) is 63.2 Å². The van der Waals surface area contributed by atoms with Crippen LogP contribution in [0.15, 0.2) is 42.5 Å². The van der Waals surface area contributed by atoms with Gasteiger partial charge < -0.3 is 5.73 Å². The molecule has 2 aromatic rings. The molecule has 0 aliphatic rings. The Labute approximate surface area is 116 Å². The van der Waals surface area contributed by atoms with Crippen LogP contribution in [0.5, 0.6) is 0 Å². The quantitative estimate of drug-likeness (QED) is 0.866. The van der Waals surface area contributed by atoms with Gasteiger partial charge in [0, 0.05) is 6.04 Å². The maximum Gasteiger partial charge on any atom is 0.0300 e. The van der Waals surface area contributed by atoms with Crippen LogP contribution < -0.4 is 5.73 Å². The lowest BCUT2D eigenvalue weighted by Gasteiger charge is -2.16. The zero-order valence-electron chi connectivity index (χ0n) is 12.1. The largest absolute Gasteiger partial charge is 0.324 e. The molecule has 0 aliphatic carbocycles. The first-order valence-corrected chi connectivity index (χ1v) is 6.95. The van der Waals surface area contributed by atoms with Gasteiger partial charge in [0.15, 0.2) is 0 Å². The van der Waals surface area contributed by atoms with Gasteiger partial charge in [0.2, 0.25) is 0 Å². The summed E-state index contributed by atoms with van der Waals surface area (Å²) in [6.07, 6.45) is 2.03. The molecule has 0 fully saturated rings. The number of aryl methyl sites for hydroxylation is 3. The Bertz CT molecular complexity index is 557. The van der Waals surface area contributed by atoms with E-state index in [0.717, 1.165) is 12.8 Å². The molecule has 0 aliphatic heterocycles. The zero-order valence-corrected chi connectivity index (χ0v) is 12.1. The first-order chi connectivity index (χ1) is 9.08. The van der Waals surface area contributed by atoms with E-state index in [1.807, 2.05) is 0 Å². The Hall–Kier alpha value is -1.60. The number of hydrogen-bond donors (Lipinski definition) is 1. The molecule has 0 amide bonds.